The van der Waals surface area contributed by atoms with Crippen molar-refractivity contribution < 1.29 is 9.90 Å². The topological polar surface area (TPSA) is 96.6 Å². The number of hydrogen-bond donors (Lipinski definition) is 2. The first-order valence-corrected chi connectivity index (χ1v) is 8.83. The Bertz CT molecular complexity index is 1280. The van der Waals surface area contributed by atoms with E-state index in [2.05, 4.69) is 15.6 Å². The number of benzene rings is 3. The fourth-order valence-corrected chi connectivity index (χ4v) is 2.92. The Hall–Kier alpha value is -4.26. The van der Waals surface area contributed by atoms with Crippen LogP contribution in [0, 0.1) is 0 Å². The number of nitrogens with one attached hydrogen (secondary N) is 1. The highest BCUT2D eigenvalue weighted by atomic mass is 16.3. The Morgan fingerprint density at radius 2 is 1.69 bits per heavy atom. The Morgan fingerprint density at radius 3 is 2.45 bits per heavy atom. The molecule has 0 fully saturated rings. The van der Waals surface area contributed by atoms with E-state index in [4.69, 9.17) is 0 Å². The molecule has 29 heavy (non-hydrogen) atoms. The molecule has 0 spiro atoms. The third-order valence-electron chi connectivity index (χ3n) is 4.27. The second-order valence-electron chi connectivity index (χ2n) is 6.24. The van der Waals surface area contributed by atoms with E-state index in [0.717, 1.165) is 0 Å². The van der Waals surface area contributed by atoms with Crippen LogP contribution >= 0.6 is 0 Å². The van der Waals surface area contributed by atoms with Crippen molar-refractivity contribution in [2.75, 3.05) is 0 Å². The molecule has 0 atom stereocenters. The van der Waals surface area contributed by atoms with Gasteiger partial charge in [0.05, 0.1) is 17.3 Å². The molecule has 0 radical (unpaired) electrons. The molecule has 3 aromatic carbocycles. The van der Waals surface area contributed by atoms with Crippen molar-refractivity contribution in [3.05, 3.63) is 100 Å². The van der Waals surface area contributed by atoms with E-state index in [1.807, 2.05) is 6.07 Å². The minimum absolute atomic E-state index is 0.0807. The summed E-state index contributed by atoms with van der Waals surface area (Å²) in [5.41, 5.74) is 3.37. The molecule has 0 unspecified atom stereocenters. The summed E-state index contributed by atoms with van der Waals surface area (Å²) in [7, 11) is 0. The van der Waals surface area contributed by atoms with Crippen LogP contribution in [0.15, 0.2) is 88.8 Å². The summed E-state index contributed by atoms with van der Waals surface area (Å²) in [6.45, 7) is 0. The number of rotatable bonds is 4. The van der Waals surface area contributed by atoms with Gasteiger partial charge in [-0.25, -0.2) is 5.43 Å². The Labute approximate surface area is 165 Å². The lowest BCUT2D eigenvalue weighted by atomic mass is 10.1. The average molecular weight is 384 g/mol. The molecule has 0 aliphatic carbocycles. The van der Waals surface area contributed by atoms with Crippen LogP contribution in [0.25, 0.3) is 16.5 Å². The van der Waals surface area contributed by atoms with Gasteiger partial charge in [-0.05, 0) is 35.9 Å². The lowest BCUT2D eigenvalue weighted by molar-refractivity contribution is 0.0950. The summed E-state index contributed by atoms with van der Waals surface area (Å²) in [5.74, 6) is -0.454. The molecule has 0 bridgehead atoms. The highest BCUT2D eigenvalue weighted by Gasteiger charge is 2.17. The molecule has 0 saturated heterocycles. The van der Waals surface area contributed by atoms with Gasteiger partial charge in [-0.15, -0.1) is 0 Å². The molecule has 1 aromatic heterocycles. The number of para-hydroxylation sites is 1. The van der Waals surface area contributed by atoms with Gasteiger partial charge in [0.1, 0.15) is 5.75 Å². The third kappa shape index (κ3) is 3.74. The van der Waals surface area contributed by atoms with Crippen molar-refractivity contribution in [3.63, 3.8) is 0 Å². The minimum atomic E-state index is -0.553. The highest BCUT2D eigenvalue weighted by Crippen LogP contribution is 2.15. The van der Waals surface area contributed by atoms with Crippen molar-refractivity contribution in [2.24, 2.45) is 5.10 Å². The molecule has 0 saturated carbocycles. The quantitative estimate of drug-likeness (QED) is 0.418. The maximum absolute atomic E-state index is 12.9. The molecule has 7 nitrogen and oxygen atoms in total. The van der Waals surface area contributed by atoms with Gasteiger partial charge in [0.25, 0.3) is 11.5 Å². The predicted molar refractivity (Wildman–Crippen MR) is 111 cm³/mol. The molecule has 7 heteroatoms. The number of hydrazone groups is 1. The molecule has 1 amide bonds. The van der Waals surface area contributed by atoms with E-state index in [1.165, 1.54) is 17.0 Å². The van der Waals surface area contributed by atoms with E-state index in [0.29, 0.717) is 22.0 Å². The zero-order valence-electron chi connectivity index (χ0n) is 15.2. The average Bonchev–Trinajstić information content (AvgIpc) is 2.75. The van der Waals surface area contributed by atoms with Crippen LogP contribution in [0.1, 0.15) is 16.1 Å². The van der Waals surface area contributed by atoms with Crippen LogP contribution in [0.4, 0.5) is 0 Å². The van der Waals surface area contributed by atoms with Gasteiger partial charge in [0, 0.05) is 5.39 Å². The molecule has 1 heterocycles. The van der Waals surface area contributed by atoms with Crippen molar-refractivity contribution in [3.8, 4) is 11.4 Å². The molecular weight excluding hydrogens is 368 g/mol. The Kier molecular flexibility index (Phi) is 4.86. The number of aromatic nitrogens is 2. The van der Waals surface area contributed by atoms with E-state index in [1.54, 1.807) is 66.7 Å². The van der Waals surface area contributed by atoms with Crippen LogP contribution < -0.4 is 11.0 Å². The van der Waals surface area contributed by atoms with Crippen molar-refractivity contribution in [1.82, 2.24) is 15.2 Å². The smallest absolute Gasteiger partial charge is 0.292 e. The van der Waals surface area contributed by atoms with Gasteiger partial charge in [-0.2, -0.15) is 14.9 Å². The molecule has 142 valence electrons. The Balaban J connectivity index is 1.73. The number of phenolic OH excluding ortho intramolecular Hbond substituents is 1. The van der Waals surface area contributed by atoms with Gasteiger partial charge < -0.3 is 5.11 Å². The predicted octanol–water partition coefficient (Wildman–Crippen LogP) is 2.86. The van der Waals surface area contributed by atoms with E-state index in [-0.39, 0.29) is 17.0 Å². The number of amides is 1. The monoisotopic (exact) mass is 384 g/mol. The van der Waals surface area contributed by atoms with E-state index >= 15 is 0 Å². The molecule has 4 rings (SSSR count). The van der Waals surface area contributed by atoms with Crippen molar-refractivity contribution in [1.29, 1.82) is 0 Å². The molecule has 0 aliphatic heterocycles. The first-order valence-electron chi connectivity index (χ1n) is 8.83. The van der Waals surface area contributed by atoms with Crippen LogP contribution in [-0.4, -0.2) is 27.0 Å². The second kappa shape index (κ2) is 7.77. The maximum Gasteiger partial charge on any atom is 0.292 e. The van der Waals surface area contributed by atoms with E-state index in [9.17, 15) is 14.7 Å². The van der Waals surface area contributed by atoms with Crippen LogP contribution in [-0.2, 0) is 0 Å². The lowest BCUT2D eigenvalue weighted by Crippen LogP contribution is -2.28. The summed E-state index contributed by atoms with van der Waals surface area (Å²) in [5, 5.41) is 18.5. The fourth-order valence-electron chi connectivity index (χ4n) is 2.92. The lowest BCUT2D eigenvalue weighted by Gasteiger charge is -2.10. The van der Waals surface area contributed by atoms with Crippen LogP contribution in [0.3, 0.4) is 0 Å². The zero-order valence-corrected chi connectivity index (χ0v) is 15.2. The first kappa shape index (κ1) is 18.1. The molecular formula is C22H16N4O3. The van der Waals surface area contributed by atoms with Gasteiger partial charge in [-0.1, -0.05) is 48.5 Å². The summed E-state index contributed by atoms with van der Waals surface area (Å²) < 4.78 is 1.20. The SMILES string of the molecule is O=C(N/N=C\c1cccc(O)c1)c1nn(-c2ccccc2)c(=O)c2ccccc12. The van der Waals surface area contributed by atoms with Gasteiger partial charge in [0.15, 0.2) is 5.69 Å². The summed E-state index contributed by atoms with van der Waals surface area (Å²) in [6.07, 6.45) is 1.41. The standard InChI is InChI=1S/C22H16N4O3/c27-17-10-6-7-15(13-17)14-23-24-21(28)20-18-11-4-5-12-19(18)22(29)26(25-20)16-8-2-1-3-9-16/h1-14,27H,(H,24,28)/b23-14-. The number of fused-ring (bicyclic) bond motifs is 1. The normalized spacial score (nSPS) is 11.0. The third-order valence-corrected chi connectivity index (χ3v) is 4.27. The second-order valence-corrected chi connectivity index (χ2v) is 6.24. The largest absolute Gasteiger partial charge is 0.508 e. The summed E-state index contributed by atoms with van der Waals surface area (Å²) in [6, 6.07) is 22.2. The number of carbonyl (C=O) groups is 1. The number of carbonyl (C=O) groups excluding carboxylic acids is 1. The van der Waals surface area contributed by atoms with Gasteiger partial charge >= 0.3 is 0 Å². The maximum atomic E-state index is 12.9. The number of hydrogen-bond acceptors (Lipinski definition) is 5. The fraction of sp³-hybridized carbons (Fsp3) is 0. The number of phenols is 1. The van der Waals surface area contributed by atoms with Crippen LogP contribution in [0.2, 0.25) is 0 Å². The minimum Gasteiger partial charge on any atom is -0.508 e. The van der Waals surface area contributed by atoms with Crippen molar-refractivity contribution >= 4 is 22.9 Å². The van der Waals surface area contributed by atoms with Crippen molar-refractivity contribution in [2.45, 2.75) is 0 Å². The van der Waals surface area contributed by atoms with E-state index < -0.39 is 5.91 Å². The molecule has 2 N–H and O–H groups in total. The van der Waals surface area contributed by atoms with Gasteiger partial charge in [-0.3, -0.25) is 9.59 Å². The Morgan fingerprint density at radius 1 is 0.966 bits per heavy atom. The number of nitrogens with zero attached hydrogens (tertiary/aromatic N) is 3. The molecule has 4 aromatic rings. The summed E-state index contributed by atoms with van der Waals surface area (Å²) in [4.78, 5) is 25.6. The summed E-state index contributed by atoms with van der Waals surface area (Å²) >= 11 is 0. The molecule has 0 aliphatic rings. The van der Waals surface area contributed by atoms with Gasteiger partial charge in [0.2, 0.25) is 0 Å². The number of aromatic hydroxyl groups is 1. The first-order chi connectivity index (χ1) is 14.1. The highest BCUT2D eigenvalue weighted by molar-refractivity contribution is 6.05. The van der Waals surface area contributed by atoms with Crippen LogP contribution in [0.5, 0.6) is 5.75 Å². The zero-order chi connectivity index (χ0) is 20.2.